The minimum absolute atomic E-state index is 0.0108. The van der Waals surface area contributed by atoms with Crippen LogP contribution in [-0.4, -0.2) is 43.3 Å². The normalized spacial score (nSPS) is 10.0. The highest BCUT2D eigenvalue weighted by atomic mass is 16.5. The Morgan fingerprint density at radius 1 is 1.08 bits per heavy atom. The number of carbonyl (C=O) groups excluding carboxylic acids is 2. The SMILES string of the molecule is COC(=O)c1ccccc1CN(C(N)=O)c1nc(OC)cc(OC)n1. The molecule has 2 N–H and O–H groups in total. The van der Waals surface area contributed by atoms with Crippen molar-refractivity contribution in [2.75, 3.05) is 26.2 Å². The monoisotopic (exact) mass is 346 g/mol. The Kier molecular flexibility index (Phi) is 5.72. The van der Waals surface area contributed by atoms with Gasteiger partial charge in [-0.2, -0.15) is 9.97 Å². The maximum atomic E-state index is 11.9. The van der Waals surface area contributed by atoms with Crippen LogP contribution in [0.5, 0.6) is 11.8 Å². The van der Waals surface area contributed by atoms with Gasteiger partial charge in [0.2, 0.25) is 17.7 Å². The van der Waals surface area contributed by atoms with Crippen LogP contribution in [0.3, 0.4) is 0 Å². The molecule has 0 aliphatic rings. The van der Waals surface area contributed by atoms with E-state index in [1.165, 1.54) is 27.4 Å². The van der Waals surface area contributed by atoms with Gasteiger partial charge in [0.25, 0.3) is 0 Å². The van der Waals surface area contributed by atoms with E-state index in [-0.39, 0.29) is 24.3 Å². The van der Waals surface area contributed by atoms with Crippen molar-refractivity contribution in [3.05, 3.63) is 41.5 Å². The number of methoxy groups -OCH3 is 3. The molecular weight excluding hydrogens is 328 g/mol. The van der Waals surface area contributed by atoms with Gasteiger partial charge in [-0.25, -0.2) is 9.59 Å². The second-order valence-corrected chi connectivity index (χ2v) is 4.83. The second kappa shape index (κ2) is 7.95. The van der Waals surface area contributed by atoms with Crippen LogP contribution >= 0.6 is 0 Å². The van der Waals surface area contributed by atoms with Gasteiger partial charge >= 0.3 is 12.0 Å². The smallest absolute Gasteiger partial charge is 0.338 e. The highest BCUT2D eigenvalue weighted by Gasteiger charge is 2.21. The van der Waals surface area contributed by atoms with E-state index in [0.29, 0.717) is 11.1 Å². The second-order valence-electron chi connectivity index (χ2n) is 4.83. The van der Waals surface area contributed by atoms with Crippen molar-refractivity contribution in [3.8, 4) is 11.8 Å². The highest BCUT2D eigenvalue weighted by Crippen LogP contribution is 2.22. The Bertz CT molecular complexity index is 759. The van der Waals surface area contributed by atoms with Gasteiger partial charge in [0.15, 0.2) is 0 Å². The fourth-order valence-corrected chi connectivity index (χ4v) is 2.11. The molecule has 2 aromatic rings. The molecular formula is C16H18N4O5. The predicted octanol–water partition coefficient (Wildman–Crippen LogP) is 1.37. The van der Waals surface area contributed by atoms with Crippen LogP contribution in [0.1, 0.15) is 15.9 Å². The molecule has 0 aliphatic carbocycles. The lowest BCUT2D eigenvalue weighted by Crippen LogP contribution is -2.37. The first kappa shape index (κ1) is 18.0. The third-order valence-corrected chi connectivity index (χ3v) is 3.34. The van der Waals surface area contributed by atoms with Crippen molar-refractivity contribution in [2.45, 2.75) is 6.54 Å². The minimum atomic E-state index is -0.796. The van der Waals surface area contributed by atoms with Gasteiger partial charge in [-0.15, -0.1) is 0 Å². The van der Waals surface area contributed by atoms with Gasteiger partial charge in [-0.3, -0.25) is 4.90 Å². The third kappa shape index (κ3) is 4.14. The molecule has 0 unspecified atom stereocenters. The molecule has 0 atom stereocenters. The number of carbonyl (C=O) groups is 2. The number of hydrogen-bond acceptors (Lipinski definition) is 7. The van der Waals surface area contributed by atoms with E-state index < -0.39 is 12.0 Å². The Balaban J connectivity index is 2.44. The summed E-state index contributed by atoms with van der Waals surface area (Å²) in [6.07, 6.45) is 0. The molecule has 0 aliphatic heterocycles. The maximum Gasteiger partial charge on any atom is 0.338 e. The molecule has 0 saturated heterocycles. The van der Waals surface area contributed by atoms with Gasteiger partial charge < -0.3 is 19.9 Å². The average molecular weight is 346 g/mol. The van der Waals surface area contributed by atoms with E-state index >= 15 is 0 Å². The van der Waals surface area contributed by atoms with Crippen LogP contribution in [0.25, 0.3) is 0 Å². The summed E-state index contributed by atoms with van der Waals surface area (Å²) >= 11 is 0. The standard InChI is InChI=1S/C16H18N4O5/c1-23-12-8-13(24-2)19-16(18-12)20(15(17)22)9-10-6-4-5-7-11(10)14(21)25-3/h4-8H,9H2,1-3H3,(H2,17,22). The van der Waals surface area contributed by atoms with E-state index in [1.807, 2.05) is 0 Å². The van der Waals surface area contributed by atoms with E-state index in [4.69, 9.17) is 19.9 Å². The molecule has 132 valence electrons. The van der Waals surface area contributed by atoms with E-state index in [0.717, 1.165) is 4.90 Å². The Hall–Kier alpha value is -3.36. The number of rotatable bonds is 6. The summed E-state index contributed by atoms with van der Waals surface area (Å²) < 4.78 is 14.9. The summed E-state index contributed by atoms with van der Waals surface area (Å²) in [5, 5.41) is 0. The summed E-state index contributed by atoms with van der Waals surface area (Å²) in [6, 6.07) is 7.36. The van der Waals surface area contributed by atoms with Crippen LogP contribution < -0.4 is 20.1 Å². The zero-order valence-electron chi connectivity index (χ0n) is 14.1. The van der Waals surface area contributed by atoms with Gasteiger partial charge in [-0.1, -0.05) is 18.2 Å². The zero-order valence-corrected chi connectivity index (χ0v) is 14.1. The summed E-state index contributed by atoms with van der Waals surface area (Å²) in [5.41, 5.74) is 6.31. The summed E-state index contributed by atoms with van der Waals surface area (Å²) in [6.45, 7) is -0.0308. The van der Waals surface area contributed by atoms with Crippen molar-refractivity contribution in [1.29, 1.82) is 0 Å². The van der Waals surface area contributed by atoms with Gasteiger partial charge in [0.05, 0.1) is 39.5 Å². The third-order valence-electron chi connectivity index (χ3n) is 3.34. The average Bonchev–Trinajstić information content (AvgIpc) is 2.64. The number of ether oxygens (including phenoxy) is 3. The zero-order chi connectivity index (χ0) is 18.4. The summed E-state index contributed by atoms with van der Waals surface area (Å²) in [7, 11) is 4.13. The van der Waals surface area contributed by atoms with Gasteiger partial charge in [0, 0.05) is 0 Å². The molecule has 0 fully saturated rings. The molecule has 0 radical (unpaired) electrons. The van der Waals surface area contributed by atoms with Crippen LogP contribution in [0.15, 0.2) is 30.3 Å². The first-order valence-corrected chi connectivity index (χ1v) is 7.20. The molecule has 0 bridgehead atoms. The Morgan fingerprint density at radius 3 is 2.20 bits per heavy atom. The lowest BCUT2D eigenvalue weighted by molar-refractivity contribution is 0.0599. The first-order chi connectivity index (χ1) is 12.0. The molecule has 2 amide bonds. The Morgan fingerprint density at radius 2 is 1.68 bits per heavy atom. The number of primary amides is 1. The molecule has 9 heteroatoms. The van der Waals surface area contributed by atoms with Crippen LogP contribution in [0.2, 0.25) is 0 Å². The number of anilines is 1. The number of aromatic nitrogens is 2. The maximum absolute atomic E-state index is 11.9. The predicted molar refractivity (Wildman–Crippen MR) is 88.7 cm³/mol. The largest absolute Gasteiger partial charge is 0.481 e. The molecule has 25 heavy (non-hydrogen) atoms. The van der Waals surface area contributed by atoms with Gasteiger partial charge in [0.1, 0.15) is 0 Å². The first-order valence-electron chi connectivity index (χ1n) is 7.20. The van der Waals surface area contributed by atoms with Crippen molar-refractivity contribution in [1.82, 2.24) is 9.97 Å². The number of amides is 2. The topological polar surface area (TPSA) is 117 Å². The molecule has 0 spiro atoms. The van der Waals surface area contributed by atoms with E-state index in [1.54, 1.807) is 24.3 Å². The van der Waals surface area contributed by atoms with Crippen molar-refractivity contribution in [3.63, 3.8) is 0 Å². The minimum Gasteiger partial charge on any atom is -0.481 e. The number of hydrogen-bond donors (Lipinski definition) is 1. The number of esters is 1. The van der Waals surface area contributed by atoms with E-state index in [2.05, 4.69) is 9.97 Å². The van der Waals surface area contributed by atoms with Crippen LogP contribution in [0, 0.1) is 0 Å². The van der Waals surface area contributed by atoms with Crippen molar-refractivity contribution < 1.29 is 23.8 Å². The fraction of sp³-hybridized carbons (Fsp3) is 0.250. The summed E-state index contributed by atoms with van der Waals surface area (Å²) in [5.74, 6) is -0.128. The lowest BCUT2D eigenvalue weighted by atomic mass is 10.1. The molecule has 1 heterocycles. The molecule has 1 aromatic carbocycles. The van der Waals surface area contributed by atoms with Crippen molar-refractivity contribution >= 4 is 17.9 Å². The number of benzene rings is 1. The molecule has 9 nitrogen and oxygen atoms in total. The van der Waals surface area contributed by atoms with Crippen LogP contribution in [-0.2, 0) is 11.3 Å². The summed E-state index contributed by atoms with van der Waals surface area (Å²) in [4.78, 5) is 33.1. The fourth-order valence-electron chi connectivity index (χ4n) is 2.11. The molecule has 0 saturated carbocycles. The van der Waals surface area contributed by atoms with Gasteiger partial charge in [-0.05, 0) is 11.6 Å². The van der Waals surface area contributed by atoms with Crippen LogP contribution in [0.4, 0.5) is 10.7 Å². The highest BCUT2D eigenvalue weighted by molar-refractivity contribution is 5.92. The lowest BCUT2D eigenvalue weighted by Gasteiger charge is -2.20. The number of urea groups is 1. The Labute approximate surface area is 144 Å². The van der Waals surface area contributed by atoms with Crippen molar-refractivity contribution in [2.24, 2.45) is 5.73 Å². The quantitative estimate of drug-likeness (QED) is 0.785. The molecule has 1 aromatic heterocycles. The molecule has 2 rings (SSSR count). The number of nitrogens with zero attached hydrogens (tertiary/aromatic N) is 3. The van der Waals surface area contributed by atoms with E-state index in [9.17, 15) is 9.59 Å². The number of nitrogens with two attached hydrogens (primary N) is 1.